The molecule has 0 spiro atoms. The second-order valence-corrected chi connectivity index (χ2v) is 8.75. The number of piperazine rings is 1. The Kier molecular flexibility index (Phi) is 6.50. The van der Waals surface area contributed by atoms with Crippen molar-refractivity contribution in [3.05, 3.63) is 71.2 Å². The molecule has 8 nitrogen and oxygen atoms in total. The molecule has 0 radical (unpaired) electrons. The van der Waals surface area contributed by atoms with E-state index in [2.05, 4.69) is 16.8 Å². The van der Waals surface area contributed by atoms with E-state index >= 15 is 0 Å². The van der Waals surface area contributed by atoms with Crippen molar-refractivity contribution in [3.63, 3.8) is 0 Å². The number of anilines is 1. The maximum atomic E-state index is 14.3. The van der Waals surface area contributed by atoms with Crippen molar-refractivity contribution in [1.82, 2.24) is 19.8 Å². The van der Waals surface area contributed by atoms with Gasteiger partial charge in [-0.05, 0) is 31.3 Å². The van der Waals surface area contributed by atoms with Crippen LogP contribution < -0.4 is 14.4 Å². The first kappa shape index (κ1) is 23.0. The molecule has 2 aliphatic heterocycles. The maximum absolute atomic E-state index is 14.3. The Hall–Kier alpha value is -3.72. The summed E-state index contributed by atoms with van der Waals surface area (Å²) in [5, 5.41) is 0. The van der Waals surface area contributed by atoms with Gasteiger partial charge in [-0.15, -0.1) is 0 Å². The summed E-state index contributed by atoms with van der Waals surface area (Å²) in [4.78, 5) is 28.8. The third-order valence-corrected chi connectivity index (χ3v) is 6.46. The van der Waals surface area contributed by atoms with Gasteiger partial charge in [0.2, 0.25) is 11.8 Å². The minimum Gasteiger partial charge on any atom is -0.493 e. The topological polar surface area (TPSA) is 71.0 Å². The summed E-state index contributed by atoms with van der Waals surface area (Å²) in [7, 11) is 3.69. The third-order valence-electron chi connectivity index (χ3n) is 6.46. The van der Waals surface area contributed by atoms with Gasteiger partial charge in [-0.1, -0.05) is 24.3 Å². The lowest BCUT2D eigenvalue weighted by Crippen LogP contribution is -2.45. The van der Waals surface area contributed by atoms with Crippen molar-refractivity contribution in [2.45, 2.75) is 13.0 Å². The number of halogens is 1. The van der Waals surface area contributed by atoms with Crippen molar-refractivity contribution < 1.29 is 18.7 Å². The summed E-state index contributed by atoms with van der Waals surface area (Å²) in [6.07, 6.45) is 0.529. The van der Waals surface area contributed by atoms with Gasteiger partial charge in [-0.25, -0.2) is 9.37 Å². The minimum atomic E-state index is -0.532. The molecular weight excluding hydrogens is 449 g/mol. The number of carbonyl (C=O) groups is 1. The summed E-state index contributed by atoms with van der Waals surface area (Å²) < 4.78 is 26.1. The van der Waals surface area contributed by atoms with Gasteiger partial charge in [0.25, 0.3) is 5.91 Å². The first-order valence-electron chi connectivity index (χ1n) is 11.7. The third kappa shape index (κ3) is 4.77. The fourth-order valence-corrected chi connectivity index (χ4v) is 4.39. The molecule has 182 valence electrons. The molecule has 0 aliphatic carbocycles. The van der Waals surface area contributed by atoms with E-state index in [1.807, 2.05) is 24.3 Å². The zero-order valence-electron chi connectivity index (χ0n) is 19.9. The molecule has 2 aliphatic rings. The van der Waals surface area contributed by atoms with Crippen molar-refractivity contribution in [1.29, 1.82) is 0 Å². The molecule has 3 heterocycles. The fraction of sp³-hybridized carbons (Fsp3) is 0.346. The van der Waals surface area contributed by atoms with E-state index in [-0.39, 0.29) is 18.0 Å². The molecular formula is C26H28FN5O3. The predicted molar refractivity (Wildman–Crippen MR) is 130 cm³/mol. The van der Waals surface area contributed by atoms with Crippen molar-refractivity contribution in [2.75, 3.05) is 51.8 Å². The van der Waals surface area contributed by atoms with Gasteiger partial charge in [0.15, 0.2) is 11.5 Å². The van der Waals surface area contributed by atoms with Crippen LogP contribution in [0.15, 0.2) is 48.5 Å². The Labute approximate surface area is 203 Å². The van der Waals surface area contributed by atoms with Crippen LogP contribution in [0.1, 0.15) is 21.6 Å². The molecule has 9 heteroatoms. The highest BCUT2D eigenvalue weighted by Gasteiger charge is 2.30. The van der Waals surface area contributed by atoms with Crippen LogP contribution in [0.25, 0.3) is 0 Å². The lowest BCUT2D eigenvalue weighted by atomic mass is 10.0. The van der Waals surface area contributed by atoms with Crippen LogP contribution in [0.2, 0.25) is 0 Å². The number of hydrogen-bond acceptors (Lipinski definition) is 7. The van der Waals surface area contributed by atoms with Gasteiger partial charge in [0.05, 0.1) is 30.5 Å². The highest BCUT2D eigenvalue weighted by Crippen LogP contribution is 2.35. The van der Waals surface area contributed by atoms with Crippen molar-refractivity contribution >= 4 is 11.9 Å². The van der Waals surface area contributed by atoms with Crippen LogP contribution in [0.3, 0.4) is 0 Å². The van der Waals surface area contributed by atoms with E-state index in [0.717, 1.165) is 37.4 Å². The molecule has 0 atom stereocenters. The highest BCUT2D eigenvalue weighted by atomic mass is 19.1. The summed E-state index contributed by atoms with van der Waals surface area (Å²) in [5.74, 6) is 1.22. The van der Waals surface area contributed by atoms with Crippen molar-refractivity contribution in [2.24, 2.45) is 0 Å². The number of benzene rings is 2. The number of rotatable bonds is 5. The number of likely N-dealkylation sites (N-methyl/N-ethyl adjacent to an activating group) is 1. The number of nitrogens with zero attached hydrogens (tertiary/aromatic N) is 5. The average molecular weight is 478 g/mol. The largest absolute Gasteiger partial charge is 0.493 e. The first-order chi connectivity index (χ1) is 17.0. The van der Waals surface area contributed by atoms with Crippen molar-refractivity contribution in [3.8, 4) is 17.4 Å². The first-order valence-corrected chi connectivity index (χ1v) is 11.7. The SMILES string of the molecule is COc1ccccc1Oc1nc(N2CCN(C)CC2)nc2c1CN(C(=O)c1ccccc1F)CC2. The van der Waals surface area contributed by atoms with Gasteiger partial charge in [0, 0.05) is 39.1 Å². The molecule has 1 aromatic heterocycles. The second kappa shape index (κ2) is 9.87. The number of amides is 1. The van der Waals surface area contributed by atoms with Gasteiger partial charge >= 0.3 is 0 Å². The number of hydrogen-bond donors (Lipinski definition) is 0. The number of carbonyl (C=O) groups excluding carboxylic acids is 1. The summed E-state index contributed by atoms with van der Waals surface area (Å²) >= 11 is 0. The lowest BCUT2D eigenvalue weighted by molar-refractivity contribution is 0.0727. The maximum Gasteiger partial charge on any atom is 0.257 e. The lowest BCUT2D eigenvalue weighted by Gasteiger charge is -2.34. The average Bonchev–Trinajstić information content (AvgIpc) is 2.89. The molecule has 35 heavy (non-hydrogen) atoms. The number of methoxy groups -OCH3 is 1. The molecule has 0 saturated carbocycles. The predicted octanol–water partition coefficient (Wildman–Crippen LogP) is 3.37. The van der Waals surface area contributed by atoms with Crippen LogP contribution in [0.4, 0.5) is 10.3 Å². The zero-order chi connectivity index (χ0) is 24.4. The number of aromatic nitrogens is 2. The number of ether oxygens (including phenoxy) is 2. The monoisotopic (exact) mass is 477 g/mol. The fourth-order valence-electron chi connectivity index (χ4n) is 4.39. The zero-order valence-corrected chi connectivity index (χ0v) is 19.9. The van der Waals surface area contributed by atoms with Gasteiger partial charge in [-0.3, -0.25) is 4.79 Å². The van der Waals surface area contributed by atoms with E-state index in [0.29, 0.717) is 36.3 Å². The quantitative estimate of drug-likeness (QED) is 0.558. The molecule has 0 N–H and O–H groups in total. The summed E-state index contributed by atoms with van der Waals surface area (Å²) in [6, 6.07) is 13.4. The molecule has 1 amide bonds. The van der Waals surface area contributed by atoms with Gasteiger partial charge < -0.3 is 24.2 Å². The van der Waals surface area contributed by atoms with E-state index < -0.39 is 5.82 Å². The normalized spacial score (nSPS) is 16.1. The van der Waals surface area contributed by atoms with Gasteiger partial charge in [-0.2, -0.15) is 4.98 Å². The molecule has 1 saturated heterocycles. The molecule has 0 unspecified atom stereocenters. The second-order valence-electron chi connectivity index (χ2n) is 8.75. The Morgan fingerprint density at radius 2 is 1.66 bits per heavy atom. The van der Waals surface area contributed by atoms with Crippen LogP contribution in [-0.4, -0.2) is 72.6 Å². The Bertz CT molecular complexity index is 1230. The molecule has 2 aromatic carbocycles. The Balaban J connectivity index is 1.50. The van der Waals surface area contributed by atoms with Crippen LogP contribution in [0.5, 0.6) is 17.4 Å². The molecule has 1 fully saturated rings. The van der Waals surface area contributed by atoms with E-state index in [9.17, 15) is 9.18 Å². The standard InChI is InChI=1S/C26H28FN5O3/c1-30-13-15-31(16-14-30)26-28-21-11-12-32(25(33)18-7-3-4-8-20(18)27)17-19(21)24(29-26)35-23-10-6-5-9-22(23)34-2/h3-10H,11-17H2,1-2H3. The van der Waals surface area contributed by atoms with Crippen LogP contribution in [0, 0.1) is 5.82 Å². The minimum absolute atomic E-state index is 0.0538. The van der Waals surface area contributed by atoms with Gasteiger partial charge in [0.1, 0.15) is 5.82 Å². The van der Waals surface area contributed by atoms with E-state index in [4.69, 9.17) is 19.4 Å². The smallest absolute Gasteiger partial charge is 0.257 e. The highest BCUT2D eigenvalue weighted by molar-refractivity contribution is 5.94. The van der Waals surface area contributed by atoms with Crippen LogP contribution >= 0.6 is 0 Å². The van der Waals surface area contributed by atoms with E-state index in [1.54, 1.807) is 24.1 Å². The molecule has 5 rings (SSSR count). The summed E-state index contributed by atoms with van der Waals surface area (Å²) in [5.41, 5.74) is 1.62. The number of fused-ring (bicyclic) bond motifs is 1. The van der Waals surface area contributed by atoms with Crippen LogP contribution in [-0.2, 0) is 13.0 Å². The Morgan fingerprint density at radius 1 is 0.943 bits per heavy atom. The molecule has 0 bridgehead atoms. The Morgan fingerprint density at radius 3 is 2.40 bits per heavy atom. The number of para-hydroxylation sites is 2. The van der Waals surface area contributed by atoms with E-state index in [1.165, 1.54) is 12.1 Å². The summed E-state index contributed by atoms with van der Waals surface area (Å²) in [6.45, 7) is 4.16. The molecule has 3 aromatic rings.